The van der Waals surface area contributed by atoms with Crippen molar-refractivity contribution in [1.29, 1.82) is 0 Å². The van der Waals surface area contributed by atoms with Crippen molar-refractivity contribution in [2.24, 2.45) is 0 Å². The molecule has 28 heavy (non-hydrogen) atoms. The van der Waals surface area contributed by atoms with Crippen LogP contribution >= 0.6 is 34.8 Å². The number of halogens is 3. The minimum Gasteiger partial charge on any atom is -0.490 e. The van der Waals surface area contributed by atoms with Gasteiger partial charge in [0, 0.05) is 5.02 Å². The lowest BCUT2D eigenvalue weighted by atomic mass is 10.0. The molecule has 0 saturated heterocycles. The van der Waals surface area contributed by atoms with Crippen molar-refractivity contribution in [3.8, 4) is 5.75 Å². The molecule has 1 rings (SSSR count). The average Bonchev–Trinajstić information content (AvgIpc) is 2.66. The average molecular weight is 450 g/mol. The van der Waals surface area contributed by atoms with Gasteiger partial charge in [-0.05, 0) is 18.6 Å². The summed E-state index contributed by atoms with van der Waals surface area (Å²) in [4.78, 5) is 0. The molecule has 0 aliphatic carbocycles. The Balaban J connectivity index is 1.84. The smallest absolute Gasteiger partial charge is 0.156 e. The topological polar surface area (TPSA) is 9.23 Å². The van der Waals surface area contributed by atoms with Crippen molar-refractivity contribution < 1.29 is 4.74 Å². The van der Waals surface area contributed by atoms with Crippen molar-refractivity contribution in [3.63, 3.8) is 0 Å². The van der Waals surface area contributed by atoms with Gasteiger partial charge in [-0.25, -0.2) is 0 Å². The molecule has 0 aromatic heterocycles. The second kappa shape index (κ2) is 17.7. The summed E-state index contributed by atoms with van der Waals surface area (Å²) in [5.41, 5.74) is 0. The molecule has 0 saturated carbocycles. The van der Waals surface area contributed by atoms with E-state index in [0.717, 1.165) is 6.42 Å². The van der Waals surface area contributed by atoms with Crippen LogP contribution in [0.25, 0.3) is 0 Å². The second-order valence-electron chi connectivity index (χ2n) is 7.85. The highest BCUT2D eigenvalue weighted by molar-refractivity contribution is 6.40. The van der Waals surface area contributed by atoms with Crippen LogP contribution in [0.1, 0.15) is 110 Å². The van der Waals surface area contributed by atoms with Crippen molar-refractivity contribution in [1.82, 2.24) is 0 Å². The zero-order valence-corrected chi connectivity index (χ0v) is 20.0. The van der Waals surface area contributed by atoms with E-state index in [1.54, 1.807) is 12.1 Å². The lowest BCUT2D eigenvalue weighted by Gasteiger charge is -2.10. The third kappa shape index (κ3) is 13.2. The third-order valence-corrected chi connectivity index (χ3v) is 5.99. The molecular formula is C24H39Cl3O. The van der Waals surface area contributed by atoms with Gasteiger partial charge in [-0.15, -0.1) is 0 Å². The van der Waals surface area contributed by atoms with Gasteiger partial charge in [0.2, 0.25) is 0 Å². The van der Waals surface area contributed by atoms with Gasteiger partial charge in [0.1, 0.15) is 0 Å². The number of benzene rings is 1. The van der Waals surface area contributed by atoms with Gasteiger partial charge < -0.3 is 4.74 Å². The van der Waals surface area contributed by atoms with Gasteiger partial charge in [0.25, 0.3) is 0 Å². The summed E-state index contributed by atoms with van der Waals surface area (Å²) < 4.78 is 5.72. The van der Waals surface area contributed by atoms with Crippen LogP contribution in [0.2, 0.25) is 15.1 Å². The Morgan fingerprint density at radius 1 is 0.571 bits per heavy atom. The van der Waals surface area contributed by atoms with Crippen LogP contribution in [0.3, 0.4) is 0 Å². The molecule has 1 nitrogen and oxygen atoms in total. The Morgan fingerprint density at radius 2 is 0.929 bits per heavy atom. The molecule has 0 bridgehead atoms. The van der Waals surface area contributed by atoms with Crippen LogP contribution < -0.4 is 4.74 Å². The van der Waals surface area contributed by atoms with E-state index < -0.39 is 0 Å². The van der Waals surface area contributed by atoms with E-state index in [2.05, 4.69) is 6.92 Å². The Hall–Kier alpha value is -0.110. The fraction of sp³-hybridized carbons (Fsp3) is 0.750. The largest absolute Gasteiger partial charge is 0.490 e. The lowest BCUT2D eigenvalue weighted by Crippen LogP contribution is -1.98. The van der Waals surface area contributed by atoms with E-state index in [9.17, 15) is 0 Å². The molecule has 1 aromatic rings. The molecule has 0 N–H and O–H groups in total. The second-order valence-corrected chi connectivity index (χ2v) is 9.10. The van der Waals surface area contributed by atoms with E-state index in [0.29, 0.717) is 27.4 Å². The van der Waals surface area contributed by atoms with Crippen LogP contribution in [0.5, 0.6) is 5.75 Å². The van der Waals surface area contributed by atoms with E-state index in [1.165, 1.54) is 96.3 Å². The maximum Gasteiger partial charge on any atom is 0.156 e. The Bertz CT molecular complexity index is 482. The first-order valence-electron chi connectivity index (χ1n) is 11.4. The van der Waals surface area contributed by atoms with E-state index in [-0.39, 0.29) is 0 Å². The van der Waals surface area contributed by atoms with E-state index in [4.69, 9.17) is 39.5 Å². The lowest BCUT2D eigenvalue weighted by molar-refractivity contribution is 0.304. The molecule has 162 valence electrons. The summed E-state index contributed by atoms with van der Waals surface area (Å²) in [6.45, 7) is 2.93. The monoisotopic (exact) mass is 448 g/mol. The number of hydrogen-bond donors (Lipinski definition) is 0. The SMILES string of the molecule is CCCCCCCCCCCCCCCCCCOc1c(Cl)cc(Cl)cc1Cl. The first-order valence-corrected chi connectivity index (χ1v) is 12.6. The summed E-state index contributed by atoms with van der Waals surface area (Å²) >= 11 is 18.1. The Morgan fingerprint density at radius 3 is 1.32 bits per heavy atom. The molecule has 0 aliphatic rings. The van der Waals surface area contributed by atoms with Gasteiger partial charge >= 0.3 is 0 Å². The third-order valence-electron chi connectivity index (χ3n) is 5.21. The molecule has 4 heteroatoms. The molecule has 0 radical (unpaired) electrons. The fourth-order valence-electron chi connectivity index (χ4n) is 3.49. The summed E-state index contributed by atoms with van der Waals surface area (Å²) in [6, 6.07) is 3.33. The van der Waals surface area contributed by atoms with Crippen molar-refractivity contribution in [2.75, 3.05) is 6.61 Å². The Kier molecular flexibility index (Phi) is 16.4. The van der Waals surface area contributed by atoms with Gasteiger partial charge in [0.05, 0.1) is 16.7 Å². The predicted octanol–water partition coefficient (Wildman–Crippen LogP) is 10.3. The maximum atomic E-state index is 6.12. The van der Waals surface area contributed by atoms with E-state index >= 15 is 0 Å². The molecule has 0 unspecified atom stereocenters. The van der Waals surface area contributed by atoms with Crippen LogP contribution in [0.15, 0.2) is 12.1 Å². The van der Waals surface area contributed by atoms with Crippen molar-refractivity contribution in [2.45, 2.75) is 110 Å². The first kappa shape index (κ1) is 25.9. The zero-order chi connectivity index (χ0) is 20.5. The van der Waals surface area contributed by atoms with Crippen molar-refractivity contribution in [3.05, 3.63) is 27.2 Å². The summed E-state index contributed by atoms with van der Waals surface area (Å²) in [5.74, 6) is 0.550. The highest BCUT2D eigenvalue weighted by Crippen LogP contribution is 2.35. The quantitative estimate of drug-likeness (QED) is 0.202. The number of rotatable bonds is 18. The first-order chi connectivity index (χ1) is 13.6. The molecular weight excluding hydrogens is 411 g/mol. The highest BCUT2D eigenvalue weighted by Gasteiger charge is 2.08. The van der Waals surface area contributed by atoms with Gasteiger partial charge in [0.15, 0.2) is 5.75 Å². The van der Waals surface area contributed by atoms with Crippen LogP contribution in [-0.4, -0.2) is 6.61 Å². The molecule has 0 amide bonds. The minimum atomic E-state index is 0.481. The maximum absolute atomic E-state index is 6.12. The summed E-state index contributed by atoms with van der Waals surface area (Å²) in [7, 11) is 0. The molecule has 0 aliphatic heterocycles. The summed E-state index contributed by atoms with van der Waals surface area (Å²) in [5, 5.41) is 1.49. The molecule has 0 fully saturated rings. The van der Waals surface area contributed by atoms with Gasteiger partial charge in [-0.3, -0.25) is 0 Å². The molecule has 1 aromatic carbocycles. The summed E-state index contributed by atoms with van der Waals surface area (Å²) in [6.07, 6.45) is 21.8. The Labute approximate surface area is 188 Å². The fourth-order valence-corrected chi connectivity index (χ4v) is 4.42. The number of ether oxygens (including phenoxy) is 1. The normalized spacial score (nSPS) is 11.1. The predicted molar refractivity (Wildman–Crippen MR) is 127 cm³/mol. The molecule has 0 heterocycles. The van der Waals surface area contributed by atoms with Crippen LogP contribution in [0, 0.1) is 0 Å². The van der Waals surface area contributed by atoms with Crippen LogP contribution in [0.4, 0.5) is 0 Å². The standard InChI is InChI=1S/C24H39Cl3O/c1-2-3-4-5-6-7-8-9-10-11-12-13-14-15-16-17-18-28-24-22(26)19-21(25)20-23(24)27/h19-20H,2-18H2,1H3. The van der Waals surface area contributed by atoms with E-state index in [1.807, 2.05) is 0 Å². The number of unbranched alkanes of at least 4 members (excludes halogenated alkanes) is 15. The van der Waals surface area contributed by atoms with Crippen molar-refractivity contribution >= 4 is 34.8 Å². The molecule has 0 atom stereocenters. The number of hydrogen-bond acceptors (Lipinski definition) is 1. The zero-order valence-electron chi connectivity index (χ0n) is 17.7. The van der Waals surface area contributed by atoms with Gasteiger partial charge in [-0.1, -0.05) is 138 Å². The molecule has 0 spiro atoms. The van der Waals surface area contributed by atoms with Gasteiger partial charge in [-0.2, -0.15) is 0 Å². The van der Waals surface area contributed by atoms with Crippen LogP contribution in [-0.2, 0) is 0 Å². The highest BCUT2D eigenvalue weighted by atomic mass is 35.5. The minimum absolute atomic E-state index is 0.481.